The minimum Gasteiger partial charge on any atom is -0.396 e. The Kier molecular flexibility index (Phi) is 5.04. The van der Waals surface area contributed by atoms with E-state index in [1.807, 2.05) is 0 Å². The molecule has 1 heterocycles. The van der Waals surface area contributed by atoms with Crippen LogP contribution in [-0.2, 0) is 23.0 Å². The van der Waals surface area contributed by atoms with E-state index in [1.165, 1.54) is 6.07 Å². The highest BCUT2D eigenvalue weighted by Gasteiger charge is 2.17. The maximum absolute atomic E-state index is 13.4. The van der Waals surface area contributed by atoms with Gasteiger partial charge in [0.25, 0.3) is 0 Å². The molecular formula is C13H13F2NO3S2. The Bertz CT molecular complexity index is 729. The summed E-state index contributed by atoms with van der Waals surface area (Å²) in [6, 6.07) is 5.89. The second kappa shape index (κ2) is 6.61. The molecule has 2 N–H and O–H groups in total. The van der Waals surface area contributed by atoms with Crippen molar-refractivity contribution in [3.63, 3.8) is 0 Å². The molecule has 4 nitrogen and oxygen atoms in total. The van der Waals surface area contributed by atoms with Gasteiger partial charge in [0, 0.05) is 30.0 Å². The molecule has 1 aromatic heterocycles. The van der Waals surface area contributed by atoms with E-state index >= 15 is 0 Å². The SMILES string of the molecule is O=S(=O)(NCc1cc(F)ccc1F)c1ccc(CCO)s1. The first kappa shape index (κ1) is 16.0. The summed E-state index contributed by atoms with van der Waals surface area (Å²) in [7, 11) is -3.79. The molecule has 0 saturated carbocycles. The van der Waals surface area contributed by atoms with E-state index in [9.17, 15) is 17.2 Å². The largest absolute Gasteiger partial charge is 0.396 e. The molecule has 8 heteroatoms. The molecule has 114 valence electrons. The molecule has 2 rings (SSSR count). The van der Waals surface area contributed by atoms with Gasteiger partial charge in [0.2, 0.25) is 10.0 Å². The van der Waals surface area contributed by atoms with Crippen molar-refractivity contribution in [2.24, 2.45) is 0 Å². The van der Waals surface area contributed by atoms with Gasteiger partial charge in [-0.25, -0.2) is 21.9 Å². The van der Waals surface area contributed by atoms with Crippen LogP contribution in [0.15, 0.2) is 34.5 Å². The van der Waals surface area contributed by atoms with Crippen LogP contribution in [0.25, 0.3) is 0 Å². The van der Waals surface area contributed by atoms with Gasteiger partial charge in [-0.05, 0) is 30.3 Å². The fourth-order valence-corrected chi connectivity index (χ4v) is 4.07. The maximum Gasteiger partial charge on any atom is 0.250 e. The third-order valence-electron chi connectivity index (χ3n) is 2.72. The number of aliphatic hydroxyl groups is 1. The van der Waals surface area contributed by atoms with Crippen molar-refractivity contribution >= 4 is 21.4 Å². The summed E-state index contributed by atoms with van der Waals surface area (Å²) in [4.78, 5) is 0.731. The first-order valence-electron chi connectivity index (χ1n) is 6.05. The molecule has 0 amide bonds. The number of hydrogen-bond acceptors (Lipinski definition) is 4. The Hall–Kier alpha value is -1.35. The van der Waals surface area contributed by atoms with Crippen molar-refractivity contribution in [2.75, 3.05) is 6.61 Å². The Morgan fingerprint density at radius 1 is 1.19 bits per heavy atom. The third-order valence-corrected chi connectivity index (χ3v) is 5.76. The molecule has 0 radical (unpaired) electrons. The average Bonchev–Trinajstić information content (AvgIpc) is 2.90. The van der Waals surface area contributed by atoms with Crippen molar-refractivity contribution in [3.05, 3.63) is 52.4 Å². The molecule has 0 aliphatic carbocycles. The van der Waals surface area contributed by atoms with Crippen LogP contribution in [0, 0.1) is 11.6 Å². The second-order valence-corrected chi connectivity index (χ2v) is 7.42. The summed E-state index contributed by atoms with van der Waals surface area (Å²) in [6.45, 7) is -0.402. The highest BCUT2D eigenvalue weighted by molar-refractivity contribution is 7.91. The van der Waals surface area contributed by atoms with Crippen LogP contribution in [0.5, 0.6) is 0 Å². The molecule has 2 aromatic rings. The molecule has 0 unspecified atom stereocenters. The molecule has 0 fully saturated rings. The van der Waals surface area contributed by atoms with Gasteiger partial charge in [0.05, 0.1) is 0 Å². The van der Waals surface area contributed by atoms with Gasteiger partial charge >= 0.3 is 0 Å². The highest BCUT2D eigenvalue weighted by atomic mass is 32.2. The molecule has 0 aliphatic rings. The number of halogens is 2. The smallest absolute Gasteiger partial charge is 0.250 e. The predicted octanol–water partition coefficient (Wildman–Crippen LogP) is 2.04. The fourth-order valence-electron chi connectivity index (χ4n) is 1.67. The van der Waals surface area contributed by atoms with E-state index in [-0.39, 0.29) is 22.9 Å². The standard InChI is InChI=1S/C13H13F2NO3S2/c14-10-1-3-12(15)9(7-10)8-16-21(18,19)13-4-2-11(20-13)5-6-17/h1-4,7,16-17H,5-6,8H2. The lowest BCUT2D eigenvalue weighted by Crippen LogP contribution is -2.23. The summed E-state index contributed by atoms with van der Waals surface area (Å²) in [5.74, 6) is -1.31. The summed E-state index contributed by atoms with van der Waals surface area (Å²) in [5.41, 5.74) is -0.0642. The minimum absolute atomic E-state index is 0.0642. The molecule has 0 saturated heterocycles. The van der Waals surface area contributed by atoms with Crippen LogP contribution in [0.2, 0.25) is 0 Å². The van der Waals surface area contributed by atoms with E-state index in [1.54, 1.807) is 6.07 Å². The van der Waals surface area contributed by atoms with Crippen LogP contribution in [-0.4, -0.2) is 20.1 Å². The van der Waals surface area contributed by atoms with Crippen molar-refractivity contribution < 1.29 is 22.3 Å². The number of rotatable bonds is 6. The van der Waals surface area contributed by atoms with Crippen LogP contribution < -0.4 is 4.72 Å². The quantitative estimate of drug-likeness (QED) is 0.850. The predicted molar refractivity (Wildman–Crippen MR) is 75.5 cm³/mol. The monoisotopic (exact) mass is 333 g/mol. The lowest BCUT2D eigenvalue weighted by atomic mass is 10.2. The van der Waals surface area contributed by atoms with Gasteiger partial charge in [-0.15, -0.1) is 11.3 Å². The summed E-state index contributed by atoms with van der Waals surface area (Å²) < 4.78 is 52.8. The summed E-state index contributed by atoms with van der Waals surface area (Å²) in [5, 5.41) is 8.80. The lowest BCUT2D eigenvalue weighted by molar-refractivity contribution is 0.300. The van der Waals surface area contributed by atoms with Crippen LogP contribution in [0.4, 0.5) is 8.78 Å². The van der Waals surface area contributed by atoms with Crippen molar-refractivity contribution in [2.45, 2.75) is 17.2 Å². The van der Waals surface area contributed by atoms with Gasteiger partial charge < -0.3 is 5.11 Å². The molecule has 1 aromatic carbocycles. The van der Waals surface area contributed by atoms with Gasteiger partial charge in [-0.3, -0.25) is 0 Å². The van der Waals surface area contributed by atoms with Gasteiger partial charge in [0.15, 0.2) is 0 Å². The maximum atomic E-state index is 13.4. The number of thiophene rings is 1. The van der Waals surface area contributed by atoms with E-state index in [0.717, 1.165) is 34.4 Å². The van der Waals surface area contributed by atoms with E-state index in [2.05, 4.69) is 4.72 Å². The van der Waals surface area contributed by atoms with E-state index in [0.29, 0.717) is 6.42 Å². The van der Waals surface area contributed by atoms with Crippen molar-refractivity contribution in [1.29, 1.82) is 0 Å². The van der Waals surface area contributed by atoms with Crippen LogP contribution in [0.3, 0.4) is 0 Å². The Morgan fingerprint density at radius 3 is 2.67 bits per heavy atom. The normalized spacial score (nSPS) is 11.8. The molecule has 0 spiro atoms. The number of sulfonamides is 1. The van der Waals surface area contributed by atoms with Gasteiger partial charge in [-0.2, -0.15) is 0 Å². The first-order valence-corrected chi connectivity index (χ1v) is 8.35. The topological polar surface area (TPSA) is 66.4 Å². The number of benzene rings is 1. The number of hydrogen-bond donors (Lipinski definition) is 2. The fraction of sp³-hybridized carbons (Fsp3) is 0.231. The Balaban J connectivity index is 2.11. The summed E-state index contributed by atoms with van der Waals surface area (Å²) in [6.07, 6.45) is 0.374. The molecule has 0 aliphatic heterocycles. The minimum atomic E-state index is -3.79. The third kappa shape index (κ3) is 4.07. The summed E-state index contributed by atoms with van der Waals surface area (Å²) >= 11 is 1.03. The molecular weight excluding hydrogens is 320 g/mol. The number of aliphatic hydroxyl groups excluding tert-OH is 1. The zero-order valence-electron chi connectivity index (χ0n) is 10.8. The van der Waals surface area contributed by atoms with Crippen molar-refractivity contribution in [3.8, 4) is 0 Å². The zero-order valence-corrected chi connectivity index (χ0v) is 12.5. The first-order chi connectivity index (χ1) is 9.92. The second-order valence-electron chi connectivity index (χ2n) is 4.25. The van der Waals surface area contributed by atoms with Crippen LogP contribution in [0.1, 0.15) is 10.4 Å². The van der Waals surface area contributed by atoms with Crippen LogP contribution >= 0.6 is 11.3 Å². The van der Waals surface area contributed by atoms with Gasteiger partial charge in [0.1, 0.15) is 15.8 Å². The molecule has 21 heavy (non-hydrogen) atoms. The average molecular weight is 333 g/mol. The Labute approximate surface area is 125 Å². The zero-order chi connectivity index (χ0) is 15.5. The molecule has 0 atom stereocenters. The number of nitrogens with one attached hydrogen (secondary N) is 1. The van der Waals surface area contributed by atoms with E-state index < -0.39 is 21.7 Å². The molecule has 0 bridgehead atoms. The van der Waals surface area contributed by atoms with E-state index in [4.69, 9.17) is 5.11 Å². The Morgan fingerprint density at radius 2 is 1.95 bits per heavy atom. The lowest BCUT2D eigenvalue weighted by Gasteiger charge is -2.06. The highest BCUT2D eigenvalue weighted by Crippen LogP contribution is 2.22. The van der Waals surface area contributed by atoms with Crippen molar-refractivity contribution in [1.82, 2.24) is 4.72 Å². The van der Waals surface area contributed by atoms with Gasteiger partial charge in [-0.1, -0.05) is 0 Å².